The zero-order valence-corrected chi connectivity index (χ0v) is 9.48. The molecule has 15 heavy (non-hydrogen) atoms. The monoisotopic (exact) mass is 214 g/mol. The number of nitrogens with zero attached hydrogens (tertiary/aromatic N) is 1. The lowest BCUT2D eigenvalue weighted by Gasteiger charge is -2.38. The third kappa shape index (κ3) is 2.69. The van der Waals surface area contributed by atoms with Gasteiger partial charge in [0.1, 0.15) is 0 Å². The minimum atomic E-state index is 0.264. The molecule has 0 spiro atoms. The molecule has 0 bridgehead atoms. The Morgan fingerprint density at radius 1 is 1.53 bits per heavy atom. The van der Waals surface area contributed by atoms with E-state index in [1.54, 1.807) is 0 Å². The number of piperazine rings is 1. The van der Waals surface area contributed by atoms with Crippen LogP contribution in [0.2, 0.25) is 0 Å². The molecular formula is C11H22N2O2. The van der Waals surface area contributed by atoms with Crippen molar-refractivity contribution in [2.45, 2.75) is 25.5 Å². The molecule has 0 radical (unpaired) electrons. The van der Waals surface area contributed by atoms with Crippen LogP contribution in [-0.2, 0) is 4.74 Å². The van der Waals surface area contributed by atoms with Crippen LogP contribution in [0.3, 0.4) is 0 Å². The maximum atomic E-state index is 9.04. The van der Waals surface area contributed by atoms with Gasteiger partial charge < -0.3 is 15.2 Å². The van der Waals surface area contributed by atoms with Gasteiger partial charge in [-0.05, 0) is 13.3 Å². The molecule has 0 aliphatic carbocycles. The molecule has 2 heterocycles. The van der Waals surface area contributed by atoms with Crippen LogP contribution in [0.4, 0.5) is 0 Å². The second-order valence-electron chi connectivity index (χ2n) is 4.67. The lowest BCUT2D eigenvalue weighted by atomic mass is 9.94. The summed E-state index contributed by atoms with van der Waals surface area (Å²) in [5.41, 5.74) is 0. The normalized spacial score (nSPS) is 38.4. The molecule has 0 aromatic rings. The van der Waals surface area contributed by atoms with Crippen LogP contribution < -0.4 is 5.32 Å². The van der Waals surface area contributed by atoms with E-state index in [1.807, 2.05) is 0 Å². The van der Waals surface area contributed by atoms with Gasteiger partial charge in [0, 0.05) is 38.1 Å². The first-order chi connectivity index (χ1) is 7.31. The average molecular weight is 214 g/mol. The molecule has 2 N–H and O–H groups in total. The molecule has 2 rings (SSSR count). The van der Waals surface area contributed by atoms with E-state index in [9.17, 15) is 0 Å². The fraction of sp³-hybridized carbons (Fsp3) is 1.00. The summed E-state index contributed by atoms with van der Waals surface area (Å²) in [6, 6.07) is 0.552. The van der Waals surface area contributed by atoms with Crippen molar-refractivity contribution in [3.63, 3.8) is 0 Å². The number of hydrogen-bond donors (Lipinski definition) is 2. The summed E-state index contributed by atoms with van der Waals surface area (Å²) in [7, 11) is 0. The molecule has 2 aliphatic rings. The SMILES string of the molecule is CC1CC(C2CNCCN2CCO)CO1. The highest BCUT2D eigenvalue weighted by Crippen LogP contribution is 2.26. The first kappa shape index (κ1) is 11.3. The topological polar surface area (TPSA) is 44.7 Å². The van der Waals surface area contributed by atoms with E-state index in [-0.39, 0.29) is 6.61 Å². The molecule has 0 amide bonds. The molecule has 0 aromatic heterocycles. The molecule has 4 heteroatoms. The Hall–Kier alpha value is -0.160. The molecule has 88 valence electrons. The summed E-state index contributed by atoms with van der Waals surface area (Å²) < 4.78 is 5.63. The Morgan fingerprint density at radius 3 is 3.07 bits per heavy atom. The maximum Gasteiger partial charge on any atom is 0.0558 e. The summed E-state index contributed by atoms with van der Waals surface area (Å²) in [4.78, 5) is 2.41. The summed E-state index contributed by atoms with van der Waals surface area (Å²) in [5, 5.41) is 12.5. The predicted octanol–water partition coefficient (Wildman–Crippen LogP) is -0.322. The Balaban J connectivity index is 1.92. The maximum absolute atomic E-state index is 9.04. The quantitative estimate of drug-likeness (QED) is 0.676. The molecule has 3 unspecified atom stereocenters. The van der Waals surface area contributed by atoms with Gasteiger partial charge in [0.05, 0.1) is 19.3 Å². The van der Waals surface area contributed by atoms with Crippen LogP contribution in [0.5, 0.6) is 0 Å². The van der Waals surface area contributed by atoms with Crippen LogP contribution in [0, 0.1) is 5.92 Å². The average Bonchev–Trinajstić information content (AvgIpc) is 2.66. The Bertz CT molecular complexity index is 194. The lowest BCUT2D eigenvalue weighted by Crippen LogP contribution is -2.55. The Kier molecular flexibility index (Phi) is 3.97. The van der Waals surface area contributed by atoms with E-state index < -0.39 is 0 Å². The van der Waals surface area contributed by atoms with Crippen LogP contribution in [0.25, 0.3) is 0 Å². The van der Waals surface area contributed by atoms with E-state index in [0.29, 0.717) is 18.1 Å². The summed E-state index contributed by atoms with van der Waals surface area (Å²) in [6.07, 6.45) is 1.57. The second kappa shape index (κ2) is 5.25. The smallest absolute Gasteiger partial charge is 0.0558 e. The van der Waals surface area contributed by atoms with Crippen molar-refractivity contribution in [3.05, 3.63) is 0 Å². The van der Waals surface area contributed by atoms with Gasteiger partial charge in [0.15, 0.2) is 0 Å². The fourth-order valence-corrected chi connectivity index (χ4v) is 2.76. The number of rotatable bonds is 3. The molecule has 2 aliphatic heterocycles. The third-order valence-corrected chi connectivity index (χ3v) is 3.56. The van der Waals surface area contributed by atoms with E-state index in [2.05, 4.69) is 17.1 Å². The van der Waals surface area contributed by atoms with Crippen molar-refractivity contribution in [1.29, 1.82) is 0 Å². The van der Waals surface area contributed by atoms with E-state index in [1.165, 1.54) is 0 Å². The molecule has 2 fully saturated rings. The van der Waals surface area contributed by atoms with Crippen molar-refractivity contribution >= 4 is 0 Å². The number of ether oxygens (including phenoxy) is 1. The van der Waals surface area contributed by atoms with Crippen molar-refractivity contribution in [1.82, 2.24) is 10.2 Å². The highest BCUT2D eigenvalue weighted by molar-refractivity contribution is 4.88. The largest absolute Gasteiger partial charge is 0.395 e. The van der Waals surface area contributed by atoms with Gasteiger partial charge in [-0.15, -0.1) is 0 Å². The molecule has 0 saturated carbocycles. The predicted molar refractivity (Wildman–Crippen MR) is 58.8 cm³/mol. The van der Waals surface area contributed by atoms with Crippen LogP contribution in [-0.4, -0.2) is 61.5 Å². The van der Waals surface area contributed by atoms with Crippen molar-refractivity contribution in [3.8, 4) is 0 Å². The van der Waals surface area contributed by atoms with Gasteiger partial charge in [-0.2, -0.15) is 0 Å². The second-order valence-corrected chi connectivity index (χ2v) is 4.67. The summed E-state index contributed by atoms with van der Waals surface area (Å²) in [5.74, 6) is 0.638. The van der Waals surface area contributed by atoms with Crippen LogP contribution >= 0.6 is 0 Å². The van der Waals surface area contributed by atoms with Crippen molar-refractivity contribution in [2.75, 3.05) is 39.4 Å². The molecule has 4 nitrogen and oxygen atoms in total. The number of hydrogen-bond acceptors (Lipinski definition) is 4. The minimum Gasteiger partial charge on any atom is -0.395 e. The molecule has 3 atom stereocenters. The molecule has 0 aromatic carbocycles. The first-order valence-electron chi connectivity index (χ1n) is 5.98. The van der Waals surface area contributed by atoms with Crippen LogP contribution in [0.15, 0.2) is 0 Å². The van der Waals surface area contributed by atoms with Gasteiger partial charge >= 0.3 is 0 Å². The van der Waals surface area contributed by atoms with E-state index in [0.717, 1.165) is 39.2 Å². The summed E-state index contributed by atoms with van der Waals surface area (Å²) in [6.45, 7) is 7.23. The van der Waals surface area contributed by atoms with Gasteiger partial charge in [-0.25, -0.2) is 0 Å². The summed E-state index contributed by atoms with van der Waals surface area (Å²) >= 11 is 0. The number of aliphatic hydroxyl groups excluding tert-OH is 1. The van der Waals surface area contributed by atoms with Crippen molar-refractivity contribution in [2.24, 2.45) is 5.92 Å². The fourth-order valence-electron chi connectivity index (χ4n) is 2.76. The van der Waals surface area contributed by atoms with Gasteiger partial charge in [-0.3, -0.25) is 4.90 Å². The Labute approximate surface area is 91.6 Å². The third-order valence-electron chi connectivity index (χ3n) is 3.56. The van der Waals surface area contributed by atoms with Crippen LogP contribution in [0.1, 0.15) is 13.3 Å². The van der Waals surface area contributed by atoms with Gasteiger partial charge in [0.25, 0.3) is 0 Å². The number of β-amino-alcohol motifs (C(OH)–C–C–N with tert-alkyl or cyclic N) is 1. The molecule has 2 saturated heterocycles. The van der Waals surface area contributed by atoms with Gasteiger partial charge in [0.2, 0.25) is 0 Å². The lowest BCUT2D eigenvalue weighted by molar-refractivity contribution is 0.0740. The van der Waals surface area contributed by atoms with E-state index in [4.69, 9.17) is 9.84 Å². The number of aliphatic hydroxyl groups is 1. The van der Waals surface area contributed by atoms with E-state index >= 15 is 0 Å². The van der Waals surface area contributed by atoms with Crippen molar-refractivity contribution < 1.29 is 9.84 Å². The zero-order valence-electron chi connectivity index (χ0n) is 9.48. The van der Waals surface area contributed by atoms with Gasteiger partial charge in [-0.1, -0.05) is 0 Å². The zero-order chi connectivity index (χ0) is 10.7. The first-order valence-corrected chi connectivity index (χ1v) is 5.98. The standard InChI is InChI=1S/C11H22N2O2/c1-9-6-10(8-15-9)11-7-12-2-3-13(11)4-5-14/h9-12,14H,2-8H2,1H3. The number of nitrogens with one attached hydrogen (secondary N) is 1. The Morgan fingerprint density at radius 2 is 2.40 bits per heavy atom. The molecular weight excluding hydrogens is 192 g/mol. The highest BCUT2D eigenvalue weighted by atomic mass is 16.5. The highest BCUT2D eigenvalue weighted by Gasteiger charge is 2.34. The minimum absolute atomic E-state index is 0.264.